The van der Waals surface area contributed by atoms with Gasteiger partial charge in [0.15, 0.2) is 5.65 Å². The molecule has 2 N–H and O–H groups in total. The molecule has 3 rings (SSSR count). The highest BCUT2D eigenvalue weighted by atomic mass is 16.5. The van der Waals surface area contributed by atoms with Gasteiger partial charge in [0, 0.05) is 24.0 Å². The number of hydrogen-bond donors (Lipinski definition) is 1. The van der Waals surface area contributed by atoms with Crippen LogP contribution in [0.5, 0.6) is 11.6 Å². The molecular weight excluding hydrogens is 268 g/mol. The van der Waals surface area contributed by atoms with Crippen molar-refractivity contribution in [3.05, 3.63) is 53.9 Å². The molecule has 0 radical (unpaired) electrons. The average molecular weight is 280 g/mol. The first-order valence-corrected chi connectivity index (χ1v) is 6.29. The summed E-state index contributed by atoms with van der Waals surface area (Å²) in [6.07, 6.45) is 3.17. The van der Waals surface area contributed by atoms with Crippen molar-refractivity contribution in [2.75, 3.05) is 0 Å². The van der Waals surface area contributed by atoms with Gasteiger partial charge in [0.05, 0.1) is 0 Å². The number of pyridine rings is 1. The molecule has 2 aromatic heterocycles. The zero-order valence-electron chi connectivity index (χ0n) is 11.3. The van der Waals surface area contributed by atoms with E-state index < -0.39 is 5.91 Å². The molecule has 2 heterocycles. The van der Waals surface area contributed by atoms with Gasteiger partial charge in [-0.2, -0.15) is 4.98 Å². The quantitative estimate of drug-likeness (QED) is 0.794. The number of amides is 1. The maximum absolute atomic E-state index is 11.2. The van der Waals surface area contributed by atoms with Crippen molar-refractivity contribution in [2.24, 2.45) is 5.73 Å². The molecule has 0 aliphatic carbocycles. The molecule has 0 spiro atoms. The van der Waals surface area contributed by atoms with Gasteiger partial charge in [-0.15, -0.1) is 0 Å². The molecule has 1 amide bonds. The first-order chi connectivity index (χ1) is 10.1. The standard InChI is InChI=1S/C15H12N4O2/c1-9-2-3-10(14(16)20)8-12(9)21-13-5-4-11-15(19-13)18-7-6-17-11/h2-8H,1H3,(H2,16,20). The van der Waals surface area contributed by atoms with Crippen LogP contribution in [0.3, 0.4) is 0 Å². The largest absolute Gasteiger partial charge is 0.439 e. The number of nitrogens with two attached hydrogens (primary N) is 1. The molecule has 0 saturated heterocycles. The molecule has 21 heavy (non-hydrogen) atoms. The van der Waals surface area contributed by atoms with E-state index in [4.69, 9.17) is 10.5 Å². The maximum Gasteiger partial charge on any atom is 0.248 e. The van der Waals surface area contributed by atoms with E-state index >= 15 is 0 Å². The fraction of sp³-hybridized carbons (Fsp3) is 0.0667. The Labute approximate surface area is 120 Å². The van der Waals surface area contributed by atoms with E-state index in [1.807, 2.05) is 6.92 Å². The second-order valence-electron chi connectivity index (χ2n) is 4.50. The Balaban J connectivity index is 1.98. The van der Waals surface area contributed by atoms with Crippen LogP contribution < -0.4 is 10.5 Å². The number of aryl methyl sites for hydroxylation is 1. The van der Waals surface area contributed by atoms with Crippen molar-refractivity contribution < 1.29 is 9.53 Å². The van der Waals surface area contributed by atoms with Gasteiger partial charge in [-0.25, -0.2) is 4.98 Å². The van der Waals surface area contributed by atoms with Gasteiger partial charge in [-0.05, 0) is 30.7 Å². The minimum atomic E-state index is -0.503. The first kappa shape index (κ1) is 13.0. The second kappa shape index (κ2) is 5.16. The smallest absolute Gasteiger partial charge is 0.248 e. The normalized spacial score (nSPS) is 10.5. The van der Waals surface area contributed by atoms with Crippen LogP contribution in [-0.4, -0.2) is 20.9 Å². The summed E-state index contributed by atoms with van der Waals surface area (Å²) in [5.41, 5.74) is 7.72. The third kappa shape index (κ3) is 2.64. The molecule has 0 unspecified atom stereocenters. The van der Waals surface area contributed by atoms with Crippen molar-refractivity contribution >= 4 is 17.1 Å². The topological polar surface area (TPSA) is 91.0 Å². The van der Waals surface area contributed by atoms with E-state index in [0.29, 0.717) is 28.4 Å². The van der Waals surface area contributed by atoms with Crippen molar-refractivity contribution in [3.8, 4) is 11.6 Å². The Kier molecular flexibility index (Phi) is 3.19. The number of primary amides is 1. The van der Waals surface area contributed by atoms with Gasteiger partial charge >= 0.3 is 0 Å². The number of ether oxygens (including phenoxy) is 1. The van der Waals surface area contributed by atoms with E-state index in [9.17, 15) is 4.79 Å². The molecule has 0 saturated carbocycles. The molecule has 1 aromatic carbocycles. The highest BCUT2D eigenvalue weighted by molar-refractivity contribution is 5.93. The molecule has 0 aliphatic rings. The summed E-state index contributed by atoms with van der Waals surface area (Å²) in [5.74, 6) is 0.409. The van der Waals surface area contributed by atoms with Gasteiger partial charge in [-0.1, -0.05) is 6.07 Å². The fourth-order valence-electron chi connectivity index (χ4n) is 1.87. The molecule has 0 fully saturated rings. The fourth-order valence-corrected chi connectivity index (χ4v) is 1.87. The lowest BCUT2D eigenvalue weighted by Gasteiger charge is -2.09. The van der Waals surface area contributed by atoms with Crippen LogP contribution in [0.1, 0.15) is 15.9 Å². The highest BCUT2D eigenvalue weighted by Crippen LogP contribution is 2.25. The summed E-state index contributed by atoms with van der Waals surface area (Å²) in [7, 11) is 0. The monoisotopic (exact) mass is 280 g/mol. The molecule has 0 atom stereocenters. The number of fused-ring (bicyclic) bond motifs is 1. The Morgan fingerprint density at radius 3 is 2.76 bits per heavy atom. The third-order valence-corrected chi connectivity index (χ3v) is 2.99. The molecule has 104 valence electrons. The summed E-state index contributed by atoms with van der Waals surface area (Å²) < 4.78 is 5.72. The summed E-state index contributed by atoms with van der Waals surface area (Å²) in [5, 5.41) is 0. The lowest BCUT2D eigenvalue weighted by Crippen LogP contribution is -2.10. The van der Waals surface area contributed by atoms with Crippen LogP contribution in [0, 0.1) is 6.92 Å². The van der Waals surface area contributed by atoms with Gasteiger partial charge in [0.2, 0.25) is 11.8 Å². The summed E-state index contributed by atoms with van der Waals surface area (Å²) in [4.78, 5) is 23.8. The minimum absolute atomic E-state index is 0.382. The number of nitrogens with zero attached hydrogens (tertiary/aromatic N) is 3. The number of benzene rings is 1. The van der Waals surface area contributed by atoms with Gasteiger partial charge < -0.3 is 10.5 Å². The van der Waals surface area contributed by atoms with Gasteiger partial charge in [-0.3, -0.25) is 9.78 Å². The SMILES string of the molecule is Cc1ccc(C(N)=O)cc1Oc1ccc2nccnc2n1. The van der Waals surface area contributed by atoms with E-state index in [1.54, 1.807) is 42.7 Å². The summed E-state index contributed by atoms with van der Waals surface area (Å²) >= 11 is 0. The van der Waals surface area contributed by atoms with E-state index in [0.717, 1.165) is 5.56 Å². The Bertz CT molecular complexity index is 833. The lowest BCUT2D eigenvalue weighted by atomic mass is 10.1. The van der Waals surface area contributed by atoms with E-state index in [1.165, 1.54) is 0 Å². The Hall–Kier alpha value is -3.02. The predicted octanol–water partition coefficient (Wildman–Crippen LogP) is 2.22. The van der Waals surface area contributed by atoms with Gasteiger partial charge in [0.1, 0.15) is 11.3 Å². The highest BCUT2D eigenvalue weighted by Gasteiger charge is 2.08. The van der Waals surface area contributed by atoms with Crippen LogP contribution in [0.4, 0.5) is 0 Å². The van der Waals surface area contributed by atoms with Crippen LogP contribution in [0.15, 0.2) is 42.7 Å². The number of hydrogen-bond acceptors (Lipinski definition) is 5. The molecule has 0 bridgehead atoms. The van der Waals surface area contributed by atoms with Crippen LogP contribution in [0.2, 0.25) is 0 Å². The van der Waals surface area contributed by atoms with Crippen molar-refractivity contribution in [2.45, 2.75) is 6.92 Å². The number of carbonyl (C=O) groups excluding carboxylic acids is 1. The lowest BCUT2D eigenvalue weighted by molar-refractivity contribution is 0.1000. The number of aromatic nitrogens is 3. The van der Waals surface area contributed by atoms with Crippen LogP contribution >= 0.6 is 0 Å². The third-order valence-electron chi connectivity index (χ3n) is 2.99. The van der Waals surface area contributed by atoms with Crippen LogP contribution in [-0.2, 0) is 0 Å². The zero-order valence-corrected chi connectivity index (χ0v) is 11.3. The van der Waals surface area contributed by atoms with Crippen LogP contribution in [0.25, 0.3) is 11.2 Å². The Morgan fingerprint density at radius 1 is 1.14 bits per heavy atom. The van der Waals surface area contributed by atoms with Crippen molar-refractivity contribution in [1.82, 2.24) is 15.0 Å². The summed E-state index contributed by atoms with van der Waals surface area (Å²) in [6, 6.07) is 8.51. The second-order valence-corrected chi connectivity index (χ2v) is 4.50. The molecule has 3 aromatic rings. The molecular formula is C15H12N4O2. The minimum Gasteiger partial charge on any atom is -0.439 e. The maximum atomic E-state index is 11.2. The van der Waals surface area contributed by atoms with Crippen molar-refractivity contribution in [1.29, 1.82) is 0 Å². The number of rotatable bonds is 3. The van der Waals surface area contributed by atoms with Gasteiger partial charge in [0.25, 0.3) is 0 Å². The van der Waals surface area contributed by atoms with E-state index in [2.05, 4.69) is 15.0 Å². The molecule has 0 aliphatic heterocycles. The summed E-state index contributed by atoms with van der Waals surface area (Å²) in [6.45, 7) is 1.88. The average Bonchev–Trinajstić information content (AvgIpc) is 2.49. The first-order valence-electron chi connectivity index (χ1n) is 6.29. The molecule has 6 nitrogen and oxygen atoms in total. The number of carbonyl (C=O) groups is 1. The predicted molar refractivity (Wildman–Crippen MR) is 77.1 cm³/mol. The Morgan fingerprint density at radius 2 is 1.95 bits per heavy atom. The van der Waals surface area contributed by atoms with Crippen molar-refractivity contribution in [3.63, 3.8) is 0 Å². The molecule has 6 heteroatoms. The van der Waals surface area contributed by atoms with E-state index in [-0.39, 0.29) is 0 Å². The zero-order chi connectivity index (χ0) is 14.8.